The number of aryl methyl sites for hydroxylation is 1. The number of carbonyl (C=O) groups is 1. The first-order chi connectivity index (χ1) is 6.61. The summed E-state index contributed by atoms with van der Waals surface area (Å²) in [5.41, 5.74) is 6.45. The van der Waals surface area contributed by atoms with E-state index in [4.69, 9.17) is 5.73 Å². The lowest BCUT2D eigenvalue weighted by Gasteiger charge is -1.95. The lowest BCUT2D eigenvalue weighted by molar-refractivity contribution is 0.0993. The molecular weight excluding hydrogens is 246 g/mol. The van der Waals surface area contributed by atoms with E-state index in [1.165, 1.54) is 4.68 Å². The molecule has 1 amide bonds. The van der Waals surface area contributed by atoms with Crippen LogP contribution in [0.4, 0.5) is 0 Å². The Morgan fingerprint density at radius 2 is 2.29 bits per heavy atom. The van der Waals surface area contributed by atoms with Gasteiger partial charge in [0.25, 0.3) is 5.91 Å². The van der Waals surface area contributed by atoms with Gasteiger partial charge in [-0.2, -0.15) is 5.10 Å². The van der Waals surface area contributed by atoms with E-state index in [1.807, 2.05) is 18.2 Å². The first-order valence-electron chi connectivity index (χ1n) is 4.02. The maximum atomic E-state index is 11.2. The third-order valence-corrected chi connectivity index (χ3v) is 2.69. The second-order valence-corrected chi connectivity index (χ2v) is 3.83. The summed E-state index contributed by atoms with van der Waals surface area (Å²) in [5.74, 6) is -0.465. The summed E-state index contributed by atoms with van der Waals surface area (Å²) in [6.45, 7) is 0. The number of hydrogen-bond donors (Lipinski definition) is 1. The molecular formula is C9H8BrN3O. The van der Waals surface area contributed by atoms with Gasteiger partial charge in [0.05, 0.1) is 0 Å². The van der Waals surface area contributed by atoms with Crippen molar-refractivity contribution in [2.45, 2.75) is 0 Å². The Labute approximate surface area is 88.8 Å². The summed E-state index contributed by atoms with van der Waals surface area (Å²) in [7, 11) is 1.70. The molecule has 0 saturated heterocycles. The molecule has 0 fully saturated rings. The number of nitrogens with zero attached hydrogens (tertiary/aromatic N) is 2. The van der Waals surface area contributed by atoms with Gasteiger partial charge < -0.3 is 5.73 Å². The minimum Gasteiger partial charge on any atom is -0.364 e. The standard InChI is InChI=1S/C9H8BrN3O/c1-13-8(9(11)14)5-3-2-4-6(10)7(5)12-13/h2-4H,1H3,(H2,11,14). The number of benzene rings is 1. The van der Waals surface area contributed by atoms with Crippen LogP contribution in [-0.2, 0) is 7.05 Å². The zero-order chi connectivity index (χ0) is 10.3. The number of nitrogens with two attached hydrogens (primary N) is 1. The molecule has 5 heteroatoms. The highest BCUT2D eigenvalue weighted by molar-refractivity contribution is 9.10. The van der Waals surface area contributed by atoms with Crippen LogP contribution in [0, 0.1) is 0 Å². The van der Waals surface area contributed by atoms with Gasteiger partial charge in [-0.25, -0.2) is 0 Å². The summed E-state index contributed by atoms with van der Waals surface area (Å²) in [6, 6.07) is 5.55. The van der Waals surface area contributed by atoms with Crippen LogP contribution in [0.1, 0.15) is 10.5 Å². The SMILES string of the molecule is Cn1nc2c(Br)cccc2c1C(N)=O. The van der Waals surface area contributed by atoms with Crippen LogP contribution in [0.3, 0.4) is 0 Å². The Hall–Kier alpha value is -1.36. The Morgan fingerprint density at radius 1 is 1.57 bits per heavy atom. The van der Waals surface area contributed by atoms with Gasteiger partial charge in [0.1, 0.15) is 11.2 Å². The summed E-state index contributed by atoms with van der Waals surface area (Å²) < 4.78 is 2.36. The molecule has 1 aromatic carbocycles. The van der Waals surface area contributed by atoms with Crippen molar-refractivity contribution in [2.24, 2.45) is 12.8 Å². The van der Waals surface area contributed by atoms with E-state index in [1.54, 1.807) is 7.05 Å². The van der Waals surface area contributed by atoms with Gasteiger partial charge in [0.15, 0.2) is 0 Å². The number of hydrogen-bond acceptors (Lipinski definition) is 2. The van der Waals surface area contributed by atoms with Crippen LogP contribution in [0.15, 0.2) is 22.7 Å². The molecule has 0 aliphatic rings. The molecule has 0 radical (unpaired) electrons. The molecule has 0 bridgehead atoms. The van der Waals surface area contributed by atoms with Crippen molar-refractivity contribution < 1.29 is 4.79 Å². The number of primary amides is 1. The van der Waals surface area contributed by atoms with Gasteiger partial charge in [-0.15, -0.1) is 0 Å². The average molecular weight is 254 g/mol. The molecule has 0 unspecified atom stereocenters. The molecule has 2 rings (SSSR count). The Kier molecular flexibility index (Phi) is 2.03. The normalized spacial score (nSPS) is 10.7. The monoisotopic (exact) mass is 253 g/mol. The van der Waals surface area contributed by atoms with Crippen molar-refractivity contribution in [1.29, 1.82) is 0 Å². The molecule has 0 saturated carbocycles. The summed E-state index contributed by atoms with van der Waals surface area (Å²) in [6.07, 6.45) is 0. The minimum absolute atomic E-state index is 0.432. The van der Waals surface area contributed by atoms with Crippen LogP contribution in [0.25, 0.3) is 10.9 Å². The first-order valence-corrected chi connectivity index (χ1v) is 4.81. The van der Waals surface area contributed by atoms with Gasteiger partial charge in [-0.1, -0.05) is 12.1 Å². The summed E-state index contributed by atoms with van der Waals surface area (Å²) >= 11 is 3.37. The van der Waals surface area contributed by atoms with Crippen molar-refractivity contribution in [3.63, 3.8) is 0 Å². The molecule has 0 spiro atoms. The zero-order valence-electron chi connectivity index (χ0n) is 7.49. The summed E-state index contributed by atoms with van der Waals surface area (Å²) in [4.78, 5) is 11.2. The smallest absolute Gasteiger partial charge is 0.267 e. The molecule has 0 atom stereocenters. The van der Waals surface area contributed by atoms with E-state index in [0.717, 1.165) is 15.4 Å². The molecule has 1 heterocycles. The van der Waals surface area contributed by atoms with E-state index >= 15 is 0 Å². The van der Waals surface area contributed by atoms with E-state index in [0.29, 0.717) is 5.69 Å². The van der Waals surface area contributed by atoms with Crippen LogP contribution in [0.5, 0.6) is 0 Å². The van der Waals surface area contributed by atoms with Gasteiger partial charge in [0, 0.05) is 16.9 Å². The molecule has 72 valence electrons. The van der Waals surface area contributed by atoms with Crippen molar-refractivity contribution in [1.82, 2.24) is 9.78 Å². The predicted molar refractivity (Wildman–Crippen MR) is 56.9 cm³/mol. The Balaban J connectivity index is 2.90. The highest BCUT2D eigenvalue weighted by Crippen LogP contribution is 2.24. The highest BCUT2D eigenvalue weighted by Gasteiger charge is 2.14. The molecule has 1 aromatic heterocycles. The van der Waals surface area contributed by atoms with Crippen molar-refractivity contribution in [3.05, 3.63) is 28.4 Å². The number of halogens is 1. The minimum atomic E-state index is -0.465. The topological polar surface area (TPSA) is 60.9 Å². The number of amides is 1. The van der Waals surface area contributed by atoms with Crippen LogP contribution in [-0.4, -0.2) is 15.7 Å². The van der Waals surface area contributed by atoms with Crippen LogP contribution >= 0.6 is 15.9 Å². The fourth-order valence-electron chi connectivity index (χ4n) is 1.47. The van der Waals surface area contributed by atoms with E-state index in [-0.39, 0.29) is 0 Å². The number of carbonyl (C=O) groups excluding carboxylic acids is 1. The van der Waals surface area contributed by atoms with E-state index < -0.39 is 5.91 Å². The largest absolute Gasteiger partial charge is 0.364 e. The fourth-order valence-corrected chi connectivity index (χ4v) is 1.92. The molecule has 0 aliphatic heterocycles. The van der Waals surface area contributed by atoms with Gasteiger partial charge in [-0.3, -0.25) is 9.48 Å². The average Bonchev–Trinajstić information content (AvgIpc) is 2.42. The van der Waals surface area contributed by atoms with E-state index in [9.17, 15) is 4.79 Å². The highest BCUT2D eigenvalue weighted by atomic mass is 79.9. The summed E-state index contributed by atoms with van der Waals surface area (Å²) in [5, 5.41) is 4.98. The first kappa shape index (κ1) is 9.21. The lowest BCUT2D eigenvalue weighted by atomic mass is 10.2. The zero-order valence-corrected chi connectivity index (χ0v) is 9.08. The van der Waals surface area contributed by atoms with Gasteiger partial charge in [-0.05, 0) is 22.0 Å². The quantitative estimate of drug-likeness (QED) is 0.836. The van der Waals surface area contributed by atoms with Crippen molar-refractivity contribution >= 4 is 32.7 Å². The lowest BCUT2D eigenvalue weighted by Crippen LogP contribution is -2.15. The molecule has 2 N–H and O–H groups in total. The molecule has 4 nitrogen and oxygen atoms in total. The second kappa shape index (κ2) is 3.09. The predicted octanol–water partition coefficient (Wildman–Crippen LogP) is 1.43. The maximum absolute atomic E-state index is 11.2. The number of rotatable bonds is 1. The van der Waals surface area contributed by atoms with Gasteiger partial charge in [0.2, 0.25) is 0 Å². The third kappa shape index (κ3) is 1.21. The molecule has 2 aromatic rings. The molecule has 14 heavy (non-hydrogen) atoms. The van der Waals surface area contributed by atoms with Crippen LogP contribution < -0.4 is 5.73 Å². The Bertz CT molecular complexity index is 518. The number of fused-ring (bicyclic) bond motifs is 1. The second-order valence-electron chi connectivity index (χ2n) is 2.97. The van der Waals surface area contributed by atoms with Crippen LogP contribution in [0.2, 0.25) is 0 Å². The van der Waals surface area contributed by atoms with Crippen molar-refractivity contribution in [3.8, 4) is 0 Å². The third-order valence-electron chi connectivity index (χ3n) is 2.05. The molecule has 0 aliphatic carbocycles. The van der Waals surface area contributed by atoms with Crippen molar-refractivity contribution in [2.75, 3.05) is 0 Å². The maximum Gasteiger partial charge on any atom is 0.267 e. The van der Waals surface area contributed by atoms with E-state index in [2.05, 4.69) is 21.0 Å². The fraction of sp³-hybridized carbons (Fsp3) is 0.111. The number of aromatic nitrogens is 2. The Morgan fingerprint density at radius 3 is 2.93 bits per heavy atom. The van der Waals surface area contributed by atoms with Gasteiger partial charge >= 0.3 is 0 Å².